The fraction of sp³-hybridized carbons (Fsp3) is 0.533. The molecule has 1 aliphatic carbocycles. The van der Waals surface area contributed by atoms with Crippen molar-refractivity contribution in [1.29, 1.82) is 0 Å². The van der Waals surface area contributed by atoms with Crippen LogP contribution in [0.2, 0.25) is 10.0 Å². The van der Waals surface area contributed by atoms with Crippen molar-refractivity contribution in [2.75, 3.05) is 6.54 Å². The fourth-order valence-corrected chi connectivity index (χ4v) is 3.19. The van der Waals surface area contributed by atoms with E-state index in [0.29, 0.717) is 22.2 Å². The van der Waals surface area contributed by atoms with Gasteiger partial charge in [-0.2, -0.15) is 0 Å². The molecule has 1 fully saturated rings. The van der Waals surface area contributed by atoms with Crippen LogP contribution in [0, 0.1) is 0 Å². The minimum atomic E-state index is -0.0412. The number of nitrogens with zero attached hydrogens (tertiary/aromatic N) is 1. The van der Waals surface area contributed by atoms with E-state index < -0.39 is 0 Å². The first kappa shape index (κ1) is 15.6. The average molecular weight is 315 g/mol. The minimum absolute atomic E-state index is 0.0412. The lowest BCUT2D eigenvalue weighted by molar-refractivity contribution is 0.0641. The number of benzene rings is 1. The van der Waals surface area contributed by atoms with Crippen LogP contribution in [0.3, 0.4) is 0 Å². The number of nitrogens with two attached hydrogens (primary N) is 1. The zero-order valence-electron chi connectivity index (χ0n) is 11.6. The molecule has 0 saturated heterocycles. The third kappa shape index (κ3) is 3.27. The summed E-state index contributed by atoms with van der Waals surface area (Å²) in [5.41, 5.74) is 6.41. The van der Waals surface area contributed by atoms with E-state index in [9.17, 15) is 4.79 Å². The molecule has 1 aromatic rings. The molecule has 5 heteroatoms. The lowest BCUT2D eigenvalue weighted by atomic mass is 9.90. The number of halogens is 2. The van der Waals surface area contributed by atoms with E-state index >= 15 is 0 Å². The monoisotopic (exact) mass is 314 g/mol. The number of amides is 1. The zero-order chi connectivity index (χ0) is 14.7. The van der Waals surface area contributed by atoms with Gasteiger partial charge in [0.05, 0.1) is 15.6 Å². The average Bonchev–Trinajstić information content (AvgIpc) is 2.44. The van der Waals surface area contributed by atoms with Crippen molar-refractivity contribution in [1.82, 2.24) is 4.90 Å². The molecule has 0 atom stereocenters. The van der Waals surface area contributed by atoms with Crippen LogP contribution in [0.4, 0.5) is 0 Å². The van der Waals surface area contributed by atoms with Crippen molar-refractivity contribution in [3.63, 3.8) is 0 Å². The van der Waals surface area contributed by atoms with E-state index in [1.165, 1.54) is 0 Å². The third-order valence-electron chi connectivity index (χ3n) is 3.97. The highest BCUT2D eigenvalue weighted by atomic mass is 35.5. The highest BCUT2D eigenvalue weighted by Gasteiger charge is 2.28. The zero-order valence-corrected chi connectivity index (χ0v) is 13.1. The van der Waals surface area contributed by atoms with E-state index in [-0.39, 0.29) is 18.0 Å². The molecule has 0 heterocycles. The van der Waals surface area contributed by atoms with Crippen molar-refractivity contribution in [2.45, 2.75) is 44.7 Å². The number of carbonyl (C=O) groups excluding carboxylic acids is 1. The quantitative estimate of drug-likeness (QED) is 0.924. The molecule has 0 unspecified atom stereocenters. The summed E-state index contributed by atoms with van der Waals surface area (Å²) < 4.78 is 0. The maximum Gasteiger partial charge on any atom is 0.255 e. The molecule has 0 bridgehead atoms. The predicted molar refractivity (Wildman–Crippen MR) is 83.4 cm³/mol. The highest BCUT2D eigenvalue weighted by Crippen LogP contribution is 2.29. The van der Waals surface area contributed by atoms with Crippen molar-refractivity contribution in [3.8, 4) is 0 Å². The summed E-state index contributed by atoms with van der Waals surface area (Å²) in [4.78, 5) is 14.6. The van der Waals surface area contributed by atoms with Gasteiger partial charge in [0, 0.05) is 18.6 Å². The Labute approximate surface area is 130 Å². The Hall–Kier alpha value is -0.770. The molecule has 1 amide bonds. The van der Waals surface area contributed by atoms with Gasteiger partial charge in [-0.1, -0.05) is 29.3 Å². The second-order valence-electron chi connectivity index (χ2n) is 5.26. The molecule has 110 valence electrons. The Bertz CT molecular complexity index is 485. The van der Waals surface area contributed by atoms with Gasteiger partial charge in [0.1, 0.15) is 0 Å². The second kappa shape index (κ2) is 6.79. The van der Waals surface area contributed by atoms with Gasteiger partial charge in [-0.25, -0.2) is 0 Å². The van der Waals surface area contributed by atoms with Crippen molar-refractivity contribution in [2.24, 2.45) is 5.73 Å². The minimum Gasteiger partial charge on any atom is -0.336 e. The molecule has 20 heavy (non-hydrogen) atoms. The van der Waals surface area contributed by atoms with Crippen LogP contribution in [0.25, 0.3) is 0 Å². The van der Waals surface area contributed by atoms with Gasteiger partial charge in [-0.05, 0) is 44.7 Å². The largest absolute Gasteiger partial charge is 0.336 e. The first-order valence-electron chi connectivity index (χ1n) is 7.05. The molecule has 0 radical (unpaired) electrons. The number of hydrogen-bond donors (Lipinski definition) is 1. The van der Waals surface area contributed by atoms with Crippen LogP contribution >= 0.6 is 23.2 Å². The summed E-state index contributed by atoms with van der Waals surface area (Å²) in [6.07, 6.45) is 3.85. The van der Waals surface area contributed by atoms with E-state index in [1.807, 2.05) is 11.8 Å². The maximum atomic E-state index is 12.7. The number of hydrogen-bond acceptors (Lipinski definition) is 2. The van der Waals surface area contributed by atoms with Gasteiger partial charge in [-0.3, -0.25) is 4.79 Å². The van der Waals surface area contributed by atoms with Gasteiger partial charge < -0.3 is 10.6 Å². The molecule has 1 aliphatic rings. The van der Waals surface area contributed by atoms with Crippen molar-refractivity contribution >= 4 is 29.1 Å². The van der Waals surface area contributed by atoms with Crippen LogP contribution in [0.5, 0.6) is 0 Å². The molecule has 1 aromatic carbocycles. The molecule has 0 spiro atoms. The smallest absolute Gasteiger partial charge is 0.255 e. The lowest BCUT2D eigenvalue weighted by Gasteiger charge is -2.35. The molecular formula is C15H20Cl2N2O. The molecule has 1 saturated carbocycles. The molecule has 0 aliphatic heterocycles. The van der Waals surface area contributed by atoms with E-state index in [0.717, 1.165) is 25.7 Å². The fourth-order valence-electron chi connectivity index (χ4n) is 2.80. The van der Waals surface area contributed by atoms with Crippen LogP contribution in [-0.2, 0) is 0 Å². The Morgan fingerprint density at radius 2 is 1.95 bits per heavy atom. The van der Waals surface area contributed by atoms with E-state index in [2.05, 4.69) is 0 Å². The Balaban J connectivity index is 2.19. The number of carbonyl (C=O) groups is 1. The van der Waals surface area contributed by atoms with Gasteiger partial charge in [0.25, 0.3) is 5.91 Å². The Morgan fingerprint density at radius 3 is 2.55 bits per heavy atom. The van der Waals surface area contributed by atoms with E-state index in [1.54, 1.807) is 18.2 Å². The summed E-state index contributed by atoms with van der Waals surface area (Å²) in [5, 5.41) is 0.754. The Morgan fingerprint density at radius 1 is 1.30 bits per heavy atom. The summed E-state index contributed by atoms with van der Waals surface area (Å²) >= 11 is 12.1. The normalized spacial score (nSPS) is 22.6. The predicted octanol–water partition coefficient (Wildman–Crippen LogP) is 3.73. The number of rotatable bonds is 3. The SMILES string of the molecule is CCN(C(=O)c1cccc(Cl)c1Cl)C1CCC(N)CC1. The van der Waals surface area contributed by atoms with Gasteiger partial charge >= 0.3 is 0 Å². The summed E-state index contributed by atoms with van der Waals surface area (Å²) in [6, 6.07) is 5.70. The van der Waals surface area contributed by atoms with Gasteiger partial charge in [0.2, 0.25) is 0 Å². The standard InChI is InChI=1S/C15H20Cl2N2O/c1-2-19(11-8-6-10(18)7-9-11)15(20)12-4-3-5-13(16)14(12)17/h3-5,10-11H,2,6-9,18H2,1H3. The Kier molecular flexibility index (Phi) is 5.30. The summed E-state index contributed by atoms with van der Waals surface area (Å²) in [6.45, 7) is 2.66. The van der Waals surface area contributed by atoms with Crippen LogP contribution in [-0.4, -0.2) is 29.4 Å². The molecule has 0 aromatic heterocycles. The third-order valence-corrected chi connectivity index (χ3v) is 4.78. The first-order valence-corrected chi connectivity index (χ1v) is 7.80. The van der Waals surface area contributed by atoms with Crippen LogP contribution in [0.1, 0.15) is 43.0 Å². The van der Waals surface area contributed by atoms with Gasteiger partial charge in [0.15, 0.2) is 0 Å². The molecule has 3 nitrogen and oxygen atoms in total. The molecule has 2 N–H and O–H groups in total. The van der Waals surface area contributed by atoms with Crippen molar-refractivity contribution in [3.05, 3.63) is 33.8 Å². The molecular weight excluding hydrogens is 295 g/mol. The van der Waals surface area contributed by atoms with E-state index in [4.69, 9.17) is 28.9 Å². The summed E-state index contributed by atoms with van der Waals surface area (Å²) in [7, 11) is 0. The first-order chi connectivity index (χ1) is 9.54. The van der Waals surface area contributed by atoms with Crippen LogP contribution in [0.15, 0.2) is 18.2 Å². The second-order valence-corrected chi connectivity index (χ2v) is 6.05. The maximum absolute atomic E-state index is 12.7. The van der Waals surface area contributed by atoms with Crippen LogP contribution < -0.4 is 5.73 Å². The lowest BCUT2D eigenvalue weighted by Crippen LogP contribution is -2.44. The van der Waals surface area contributed by atoms with Gasteiger partial charge in [-0.15, -0.1) is 0 Å². The highest BCUT2D eigenvalue weighted by molar-refractivity contribution is 6.43. The van der Waals surface area contributed by atoms with Crippen molar-refractivity contribution < 1.29 is 4.79 Å². The summed E-state index contributed by atoms with van der Waals surface area (Å²) in [5.74, 6) is -0.0412. The topological polar surface area (TPSA) is 46.3 Å². The molecule has 2 rings (SSSR count).